The van der Waals surface area contributed by atoms with Gasteiger partial charge in [-0.05, 0) is 92.7 Å². The van der Waals surface area contributed by atoms with Gasteiger partial charge < -0.3 is 0 Å². The Morgan fingerprint density at radius 3 is 2.19 bits per heavy atom. The van der Waals surface area contributed by atoms with Crippen LogP contribution < -0.4 is 0 Å². The van der Waals surface area contributed by atoms with E-state index in [1.54, 1.807) is 0 Å². The Hall–Kier alpha value is -2.69. The first-order valence-electron chi connectivity index (χ1n) is 10.4. The Labute approximate surface area is 208 Å². The molecule has 0 heterocycles. The zero-order chi connectivity index (χ0) is 22.7. The standard InChI is InChI=1S/C29H23ClIN/c1-19-9-7-8-12-27(19)28(29(31)32-21(3)30)20(2)23-13-14-26-18-24(15-16-25(26)17-23)22-10-5-4-6-11-22/h4-18H,3H2,1-2H3/b28-20+,32-29?. The lowest BCUT2D eigenvalue weighted by atomic mass is 9.92. The third kappa shape index (κ3) is 4.87. The predicted octanol–water partition coefficient (Wildman–Crippen LogP) is 9.29. The number of benzene rings is 4. The molecule has 0 bridgehead atoms. The molecule has 158 valence electrons. The normalized spacial score (nSPS) is 12.6. The summed E-state index contributed by atoms with van der Waals surface area (Å²) < 4.78 is 0.828. The lowest BCUT2D eigenvalue weighted by Crippen LogP contribution is -2.00. The number of hydrogen-bond donors (Lipinski definition) is 0. The fraction of sp³-hybridized carbons (Fsp3) is 0.0690. The van der Waals surface area contributed by atoms with Gasteiger partial charge in [-0.3, -0.25) is 0 Å². The minimum atomic E-state index is 0.278. The van der Waals surface area contributed by atoms with E-state index in [1.807, 2.05) is 6.07 Å². The van der Waals surface area contributed by atoms with E-state index in [4.69, 9.17) is 11.6 Å². The molecule has 0 radical (unpaired) electrons. The van der Waals surface area contributed by atoms with Crippen LogP contribution in [-0.4, -0.2) is 3.72 Å². The third-order valence-electron chi connectivity index (χ3n) is 5.60. The Kier molecular flexibility index (Phi) is 6.92. The van der Waals surface area contributed by atoms with Gasteiger partial charge in [0.25, 0.3) is 0 Å². The van der Waals surface area contributed by atoms with E-state index < -0.39 is 0 Å². The van der Waals surface area contributed by atoms with Crippen molar-refractivity contribution in [3.05, 3.63) is 119 Å². The highest BCUT2D eigenvalue weighted by atomic mass is 127. The van der Waals surface area contributed by atoms with Crippen LogP contribution in [0.2, 0.25) is 0 Å². The van der Waals surface area contributed by atoms with Crippen LogP contribution in [0, 0.1) is 6.92 Å². The van der Waals surface area contributed by atoms with Crippen LogP contribution in [0.3, 0.4) is 0 Å². The van der Waals surface area contributed by atoms with Crippen molar-refractivity contribution in [2.75, 3.05) is 0 Å². The maximum Gasteiger partial charge on any atom is 0.123 e. The molecule has 32 heavy (non-hydrogen) atoms. The highest BCUT2D eigenvalue weighted by Crippen LogP contribution is 2.34. The van der Waals surface area contributed by atoms with Crippen LogP contribution >= 0.6 is 34.2 Å². The SMILES string of the molecule is C=C(Cl)N=C(I)/C(=C(\C)c1ccc2cc(-c3ccccc3)ccc2c1)c1ccccc1C. The number of aliphatic imine (C=N–C) groups is 1. The molecule has 0 amide bonds. The Balaban J connectivity index is 1.85. The fourth-order valence-corrected chi connectivity index (χ4v) is 5.13. The fourth-order valence-electron chi connectivity index (χ4n) is 3.92. The summed E-state index contributed by atoms with van der Waals surface area (Å²) in [6.07, 6.45) is 0. The van der Waals surface area contributed by atoms with Crippen molar-refractivity contribution >= 4 is 59.8 Å². The number of nitrogens with zero attached hydrogens (tertiary/aromatic N) is 1. The van der Waals surface area contributed by atoms with E-state index in [0.717, 1.165) is 26.0 Å². The van der Waals surface area contributed by atoms with Crippen molar-refractivity contribution in [3.8, 4) is 11.1 Å². The molecule has 4 aromatic carbocycles. The van der Waals surface area contributed by atoms with Gasteiger partial charge in [-0.15, -0.1) is 0 Å². The van der Waals surface area contributed by atoms with E-state index in [2.05, 4.69) is 133 Å². The zero-order valence-corrected chi connectivity index (χ0v) is 21.0. The molecule has 0 aliphatic heterocycles. The van der Waals surface area contributed by atoms with Crippen molar-refractivity contribution in [2.45, 2.75) is 13.8 Å². The first-order valence-corrected chi connectivity index (χ1v) is 11.8. The summed E-state index contributed by atoms with van der Waals surface area (Å²) in [5.41, 5.74) is 8.18. The Morgan fingerprint density at radius 1 is 0.812 bits per heavy atom. The van der Waals surface area contributed by atoms with Crippen molar-refractivity contribution in [1.29, 1.82) is 0 Å². The van der Waals surface area contributed by atoms with Crippen LogP contribution in [-0.2, 0) is 0 Å². The molecule has 4 aromatic rings. The molecular formula is C29H23ClIN. The first-order chi connectivity index (χ1) is 15.4. The largest absolute Gasteiger partial charge is 0.230 e. The summed E-state index contributed by atoms with van der Waals surface area (Å²) in [6.45, 7) is 8.01. The van der Waals surface area contributed by atoms with Crippen LogP contribution in [0.25, 0.3) is 33.0 Å². The van der Waals surface area contributed by atoms with E-state index in [0.29, 0.717) is 0 Å². The van der Waals surface area contributed by atoms with Crippen LogP contribution in [0.4, 0.5) is 0 Å². The second-order valence-corrected chi connectivity index (χ2v) is 9.19. The molecule has 0 N–H and O–H groups in total. The Bertz CT molecular complexity index is 1370. The topological polar surface area (TPSA) is 12.4 Å². The minimum Gasteiger partial charge on any atom is -0.230 e. The molecule has 0 aromatic heterocycles. The lowest BCUT2D eigenvalue weighted by Gasteiger charge is -2.15. The van der Waals surface area contributed by atoms with Gasteiger partial charge in [0.1, 0.15) is 8.87 Å². The van der Waals surface area contributed by atoms with E-state index in [-0.39, 0.29) is 5.16 Å². The van der Waals surface area contributed by atoms with Crippen molar-refractivity contribution in [3.63, 3.8) is 0 Å². The quantitative estimate of drug-likeness (QED) is 0.102. The van der Waals surface area contributed by atoms with E-state index in [9.17, 15) is 0 Å². The van der Waals surface area contributed by atoms with Gasteiger partial charge in [-0.1, -0.05) is 97.0 Å². The van der Waals surface area contributed by atoms with Gasteiger partial charge >= 0.3 is 0 Å². The average Bonchev–Trinajstić information content (AvgIpc) is 2.80. The van der Waals surface area contributed by atoms with E-state index in [1.165, 1.54) is 27.5 Å². The summed E-state index contributed by atoms with van der Waals surface area (Å²) in [4.78, 5) is 4.47. The van der Waals surface area contributed by atoms with Crippen molar-refractivity contribution in [1.82, 2.24) is 0 Å². The monoisotopic (exact) mass is 547 g/mol. The molecule has 0 atom stereocenters. The van der Waals surface area contributed by atoms with Gasteiger partial charge in [-0.25, -0.2) is 4.99 Å². The lowest BCUT2D eigenvalue weighted by molar-refractivity contribution is 1.43. The summed E-state index contributed by atoms with van der Waals surface area (Å²) in [7, 11) is 0. The highest BCUT2D eigenvalue weighted by molar-refractivity contribution is 14.1. The smallest absolute Gasteiger partial charge is 0.123 e. The average molecular weight is 548 g/mol. The molecule has 0 saturated heterocycles. The van der Waals surface area contributed by atoms with Crippen molar-refractivity contribution < 1.29 is 0 Å². The summed E-state index contributed by atoms with van der Waals surface area (Å²) in [6, 6.07) is 32.1. The summed E-state index contributed by atoms with van der Waals surface area (Å²) in [5.74, 6) is 0. The summed E-state index contributed by atoms with van der Waals surface area (Å²) in [5, 5.41) is 2.71. The molecule has 0 aliphatic carbocycles. The second-order valence-electron chi connectivity index (χ2n) is 7.74. The van der Waals surface area contributed by atoms with Gasteiger partial charge in [0.15, 0.2) is 0 Å². The predicted molar refractivity (Wildman–Crippen MR) is 149 cm³/mol. The molecule has 0 spiro atoms. The van der Waals surface area contributed by atoms with Crippen LogP contribution in [0.1, 0.15) is 23.6 Å². The number of rotatable bonds is 5. The van der Waals surface area contributed by atoms with Crippen LogP contribution in [0.5, 0.6) is 0 Å². The molecule has 1 nitrogen and oxygen atoms in total. The van der Waals surface area contributed by atoms with E-state index >= 15 is 0 Å². The minimum absolute atomic E-state index is 0.278. The van der Waals surface area contributed by atoms with Gasteiger partial charge in [0, 0.05) is 5.57 Å². The molecule has 0 unspecified atom stereocenters. The van der Waals surface area contributed by atoms with Gasteiger partial charge in [0.2, 0.25) is 0 Å². The van der Waals surface area contributed by atoms with Gasteiger partial charge in [0.05, 0.1) is 0 Å². The molecule has 0 saturated carbocycles. The molecular weight excluding hydrogens is 525 g/mol. The number of fused-ring (bicyclic) bond motifs is 1. The van der Waals surface area contributed by atoms with Crippen molar-refractivity contribution in [2.24, 2.45) is 4.99 Å². The second kappa shape index (κ2) is 9.85. The number of hydrogen-bond acceptors (Lipinski definition) is 1. The Morgan fingerprint density at radius 2 is 1.47 bits per heavy atom. The van der Waals surface area contributed by atoms with Gasteiger partial charge in [-0.2, -0.15) is 0 Å². The maximum absolute atomic E-state index is 6.03. The van der Waals surface area contributed by atoms with Crippen LogP contribution in [0.15, 0.2) is 108 Å². The number of halogens is 2. The molecule has 0 fully saturated rings. The third-order valence-corrected chi connectivity index (χ3v) is 6.46. The summed E-state index contributed by atoms with van der Waals surface area (Å²) >= 11 is 8.29. The first kappa shape index (κ1) is 22.5. The molecule has 4 rings (SSSR count). The maximum atomic E-state index is 6.03. The zero-order valence-electron chi connectivity index (χ0n) is 18.1. The number of allylic oxidation sites excluding steroid dienone is 2. The molecule has 0 aliphatic rings. The number of aryl methyl sites for hydroxylation is 1. The molecule has 3 heteroatoms. The highest BCUT2D eigenvalue weighted by Gasteiger charge is 2.15.